The van der Waals surface area contributed by atoms with Crippen molar-refractivity contribution in [3.05, 3.63) is 70.2 Å². The first-order valence-electron chi connectivity index (χ1n) is 10.9. The highest BCUT2D eigenvalue weighted by atomic mass is 35.5. The molecule has 0 radical (unpaired) electrons. The summed E-state index contributed by atoms with van der Waals surface area (Å²) in [5.41, 5.74) is 3.30. The summed E-state index contributed by atoms with van der Waals surface area (Å²) in [4.78, 5) is 27.8. The number of nitrogens with one attached hydrogen (secondary N) is 1. The molecule has 1 N–H and O–H groups in total. The second-order valence-electron chi connectivity index (χ2n) is 7.70. The summed E-state index contributed by atoms with van der Waals surface area (Å²) < 4.78 is 0. The van der Waals surface area contributed by atoms with Gasteiger partial charge in [-0.15, -0.1) is 11.8 Å². The van der Waals surface area contributed by atoms with Gasteiger partial charge in [0.25, 0.3) is 0 Å². The SMILES string of the molecule is CCCCNC(=O)[C@H](CC)N(Cc1cccc(C)c1)C(=O)CSCc1ccc(Cl)cc1. The maximum atomic E-state index is 13.2. The van der Waals surface area contributed by atoms with Crippen molar-refractivity contribution in [1.29, 1.82) is 0 Å². The maximum Gasteiger partial charge on any atom is 0.242 e. The minimum absolute atomic E-state index is 0.0158. The first-order valence-corrected chi connectivity index (χ1v) is 12.4. The Morgan fingerprint density at radius 2 is 1.84 bits per heavy atom. The lowest BCUT2D eigenvalue weighted by atomic mass is 10.1. The molecular weight excluding hydrogens is 428 g/mol. The highest BCUT2D eigenvalue weighted by molar-refractivity contribution is 7.99. The lowest BCUT2D eigenvalue weighted by Crippen LogP contribution is -2.49. The third-order valence-corrected chi connectivity index (χ3v) is 6.30. The van der Waals surface area contributed by atoms with Gasteiger partial charge < -0.3 is 10.2 Å². The lowest BCUT2D eigenvalue weighted by Gasteiger charge is -2.30. The summed E-state index contributed by atoms with van der Waals surface area (Å²) in [5.74, 6) is 0.964. The number of amides is 2. The normalized spacial score (nSPS) is 11.7. The van der Waals surface area contributed by atoms with Crippen LogP contribution in [0.15, 0.2) is 48.5 Å². The van der Waals surface area contributed by atoms with Gasteiger partial charge >= 0.3 is 0 Å². The van der Waals surface area contributed by atoms with Gasteiger partial charge in [0.05, 0.1) is 5.75 Å². The first-order chi connectivity index (χ1) is 14.9. The Morgan fingerprint density at radius 3 is 2.48 bits per heavy atom. The van der Waals surface area contributed by atoms with E-state index in [4.69, 9.17) is 11.6 Å². The highest BCUT2D eigenvalue weighted by Crippen LogP contribution is 2.19. The zero-order chi connectivity index (χ0) is 22.6. The van der Waals surface area contributed by atoms with Gasteiger partial charge in [0.2, 0.25) is 11.8 Å². The molecular formula is C25H33ClN2O2S. The van der Waals surface area contributed by atoms with E-state index in [2.05, 4.69) is 18.3 Å². The molecule has 2 aromatic rings. The van der Waals surface area contributed by atoms with Gasteiger partial charge in [0, 0.05) is 23.9 Å². The third kappa shape index (κ3) is 8.58. The standard InChI is InChI=1S/C25H33ClN2O2S/c1-4-6-14-27-25(30)23(5-2)28(16-21-9-7-8-19(3)15-21)24(29)18-31-17-20-10-12-22(26)13-11-20/h7-13,15,23H,4-6,14,16-18H2,1-3H3,(H,27,30)/t23-/m0/s1. The molecule has 6 heteroatoms. The van der Waals surface area contributed by atoms with Crippen LogP contribution in [0.2, 0.25) is 5.02 Å². The third-order valence-electron chi connectivity index (χ3n) is 5.06. The molecule has 168 valence electrons. The topological polar surface area (TPSA) is 49.4 Å². The van der Waals surface area contributed by atoms with E-state index in [1.54, 1.807) is 16.7 Å². The molecule has 2 amide bonds. The maximum absolute atomic E-state index is 13.2. The number of hydrogen-bond donors (Lipinski definition) is 1. The summed E-state index contributed by atoms with van der Waals surface area (Å²) >= 11 is 7.50. The Kier molecular flexibility index (Phi) is 11.0. The van der Waals surface area contributed by atoms with Gasteiger partial charge in [-0.05, 0) is 43.0 Å². The van der Waals surface area contributed by atoms with Crippen LogP contribution in [-0.4, -0.2) is 35.1 Å². The Hall–Kier alpha value is -1.98. The highest BCUT2D eigenvalue weighted by Gasteiger charge is 2.28. The number of nitrogens with zero attached hydrogens (tertiary/aromatic N) is 1. The number of aryl methyl sites for hydroxylation is 1. The molecule has 0 unspecified atom stereocenters. The van der Waals surface area contributed by atoms with Crippen LogP contribution in [-0.2, 0) is 21.9 Å². The zero-order valence-electron chi connectivity index (χ0n) is 18.7. The molecule has 1 atom stereocenters. The number of rotatable bonds is 12. The van der Waals surface area contributed by atoms with Gasteiger partial charge in [-0.1, -0.05) is 73.8 Å². The number of thioether (sulfide) groups is 1. The molecule has 0 aromatic heterocycles. The lowest BCUT2D eigenvalue weighted by molar-refractivity contribution is -0.139. The number of carbonyl (C=O) groups is 2. The monoisotopic (exact) mass is 460 g/mol. The van der Waals surface area contributed by atoms with Crippen molar-refractivity contribution in [2.24, 2.45) is 0 Å². The van der Waals surface area contributed by atoms with Gasteiger partial charge in [0.1, 0.15) is 6.04 Å². The molecule has 0 fully saturated rings. The Bertz CT molecular complexity index is 842. The minimum Gasteiger partial charge on any atom is -0.354 e. The van der Waals surface area contributed by atoms with Crippen molar-refractivity contribution < 1.29 is 9.59 Å². The smallest absolute Gasteiger partial charge is 0.242 e. The summed E-state index contributed by atoms with van der Waals surface area (Å²) in [6.45, 7) is 7.16. The van der Waals surface area contributed by atoms with Crippen LogP contribution in [0.3, 0.4) is 0 Å². The van der Waals surface area contributed by atoms with Crippen LogP contribution in [0.25, 0.3) is 0 Å². The predicted molar refractivity (Wildman–Crippen MR) is 131 cm³/mol. The molecule has 2 rings (SSSR count). The van der Waals surface area contributed by atoms with E-state index in [-0.39, 0.29) is 11.8 Å². The fourth-order valence-electron chi connectivity index (χ4n) is 3.35. The van der Waals surface area contributed by atoms with E-state index in [1.165, 1.54) is 0 Å². The summed E-state index contributed by atoms with van der Waals surface area (Å²) in [6, 6.07) is 15.3. The molecule has 2 aromatic carbocycles. The first kappa shape index (κ1) is 25.3. The van der Waals surface area contributed by atoms with Crippen molar-refractivity contribution in [3.8, 4) is 0 Å². The van der Waals surface area contributed by atoms with Crippen LogP contribution >= 0.6 is 23.4 Å². The van der Waals surface area contributed by atoms with E-state index in [9.17, 15) is 9.59 Å². The van der Waals surface area contributed by atoms with Gasteiger partial charge in [-0.2, -0.15) is 0 Å². The second kappa shape index (κ2) is 13.4. The molecule has 0 heterocycles. The Labute approximate surface area is 195 Å². The minimum atomic E-state index is -0.471. The van der Waals surface area contributed by atoms with Gasteiger partial charge in [0.15, 0.2) is 0 Å². The fourth-order valence-corrected chi connectivity index (χ4v) is 4.35. The van der Waals surface area contributed by atoms with Crippen molar-refractivity contribution in [1.82, 2.24) is 10.2 Å². The molecule has 0 aliphatic carbocycles. The van der Waals surface area contributed by atoms with E-state index in [1.807, 2.05) is 56.3 Å². The van der Waals surface area contributed by atoms with E-state index in [0.29, 0.717) is 30.3 Å². The number of halogens is 1. The summed E-state index contributed by atoms with van der Waals surface area (Å²) in [7, 11) is 0. The molecule has 0 aliphatic heterocycles. The van der Waals surface area contributed by atoms with Crippen molar-refractivity contribution in [2.75, 3.05) is 12.3 Å². The number of carbonyl (C=O) groups excluding carboxylic acids is 2. The number of benzene rings is 2. The molecule has 0 spiro atoms. The quantitative estimate of drug-likeness (QED) is 0.419. The van der Waals surface area contributed by atoms with E-state index >= 15 is 0 Å². The summed E-state index contributed by atoms with van der Waals surface area (Å²) in [5, 5.41) is 3.71. The molecule has 4 nitrogen and oxygen atoms in total. The Balaban J connectivity index is 2.09. The molecule has 0 bridgehead atoms. The van der Waals surface area contributed by atoms with Crippen molar-refractivity contribution in [3.63, 3.8) is 0 Å². The summed E-state index contributed by atoms with van der Waals surface area (Å²) in [6.07, 6.45) is 2.53. The van der Waals surface area contributed by atoms with E-state index < -0.39 is 6.04 Å². The van der Waals surface area contributed by atoms with E-state index in [0.717, 1.165) is 35.3 Å². The van der Waals surface area contributed by atoms with Crippen molar-refractivity contribution in [2.45, 2.75) is 58.4 Å². The predicted octanol–water partition coefficient (Wildman–Crippen LogP) is 5.61. The van der Waals surface area contributed by atoms with Gasteiger partial charge in [-0.25, -0.2) is 0 Å². The van der Waals surface area contributed by atoms with Crippen LogP contribution in [0.4, 0.5) is 0 Å². The van der Waals surface area contributed by atoms with Crippen LogP contribution < -0.4 is 5.32 Å². The molecule has 0 saturated carbocycles. The number of hydrogen-bond acceptors (Lipinski definition) is 3. The molecule has 0 saturated heterocycles. The molecule has 0 aliphatic rings. The van der Waals surface area contributed by atoms with Gasteiger partial charge in [-0.3, -0.25) is 9.59 Å². The molecule has 31 heavy (non-hydrogen) atoms. The second-order valence-corrected chi connectivity index (χ2v) is 9.12. The average Bonchev–Trinajstić information content (AvgIpc) is 2.75. The van der Waals surface area contributed by atoms with Crippen LogP contribution in [0, 0.1) is 6.92 Å². The van der Waals surface area contributed by atoms with Crippen LogP contribution in [0.1, 0.15) is 49.8 Å². The zero-order valence-corrected chi connectivity index (χ0v) is 20.3. The van der Waals surface area contributed by atoms with Crippen LogP contribution in [0.5, 0.6) is 0 Å². The average molecular weight is 461 g/mol. The number of unbranched alkanes of at least 4 members (excludes halogenated alkanes) is 1. The van der Waals surface area contributed by atoms with Crippen molar-refractivity contribution >= 4 is 35.2 Å². The largest absolute Gasteiger partial charge is 0.354 e. The Morgan fingerprint density at radius 1 is 1.10 bits per heavy atom. The fraction of sp³-hybridized carbons (Fsp3) is 0.440.